The standard InChI is InChI=1S/C16H15NO2/c17-14-4-1-11(2-5-14)9-15(18)12-3-6-16-13(10-12)7-8-19-16/h1-6,10H,7-9,17H2. The highest BCUT2D eigenvalue weighted by Gasteiger charge is 2.15. The summed E-state index contributed by atoms with van der Waals surface area (Å²) in [5.74, 6) is 1.03. The predicted molar refractivity (Wildman–Crippen MR) is 74.5 cm³/mol. The first-order chi connectivity index (χ1) is 9.22. The van der Waals surface area contributed by atoms with Gasteiger partial charge < -0.3 is 10.5 Å². The molecule has 0 radical (unpaired) electrons. The van der Waals surface area contributed by atoms with Gasteiger partial charge in [-0.25, -0.2) is 0 Å². The van der Waals surface area contributed by atoms with Crippen LogP contribution in [-0.2, 0) is 12.8 Å². The first kappa shape index (κ1) is 11.8. The van der Waals surface area contributed by atoms with Crippen LogP contribution in [0.3, 0.4) is 0 Å². The lowest BCUT2D eigenvalue weighted by atomic mass is 10.0. The summed E-state index contributed by atoms with van der Waals surface area (Å²) in [6, 6.07) is 13.1. The summed E-state index contributed by atoms with van der Waals surface area (Å²) in [4.78, 5) is 12.2. The number of anilines is 1. The topological polar surface area (TPSA) is 52.3 Å². The molecular weight excluding hydrogens is 238 g/mol. The van der Waals surface area contributed by atoms with Gasteiger partial charge in [0.05, 0.1) is 6.61 Å². The Balaban J connectivity index is 1.78. The van der Waals surface area contributed by atoms with E-state index in [1.165, 1.54) is 0 Å². The molecule has 1 heterocycles. The Kier molecular flexibility index (Phi) is 2.95. The molecule has 0 unspecified atom stereocenters. The Hall–Kier alpha value is -2.29. The van der Waals surface area contributed by atoms with E-state index < -0.39 is 0 Å². The summed E-state index contributed by atoms with van der Waals surface area (Å²) in [5, 5.41) is 0. The van der Waals surface area contributed by atoms with Gasteiger partial charge in [-0.2, -0.15) is 0 Å². The smallest absolute Gasteiger partial charge is 0.167 e. The van der Waals surface area contributed by atoms with Crippen molar-refractivity contribution in [3.05, 3.63) is 59.2 Å². The molecule has 0 saturated carbocycles. The summed E-state index contributed by atoms with van der Waals surface area (Å²) >= 11 is 0. The van der Waals surface area contributed by atoms with Crippen LogP contribution in [0.25, 0.3) is 0 Å². The zero-order chi connectivity index (χ0) is 13.2. The van der Waals surface area contributed by atoms with Crippen LogP contribution in [0.4, 0.5) is 5.69 Å². The van der Waals surface area contributed by atoms with Gasteiger partial charge in [0.2, 0.25) is 0 Å². The van der Waals surface area contributed by atoms with Crippen LogP contribution in [0.1, 0.15) is 21.5 Å². The quantitative estimate of drug-likeness (QED) is 0.675. The van der Waals surface area contributed by atoms with Crippen LogP contribution in [0, 0.1) is 0 Å². The fourth-order valence-electron chi connectivity index (χ4n) is 2.28. The molecule has 0 bridgehead atoms. The number of nitrogen functional groups attached to an aromatic ring is 1. The normalized spacial score (nSPS) is 12.8. The third-order valence-corrected chi connectivity index (χ3v) is 3.36. The molecule has 0 amide bonds. The Morgan fingerprint density at radius 3 is 2.74 bits per heavy atom. The number of hydrogen-bond acceptors (Lipinski definition) is 3. The second kappa shape index (κ2) is 4.76. The van der Waals surface area contributed by atoms with E-state index in [1.807, 2.05) is 42.5 Å². The highest BCUT2D eigenvalue weighted by molar-refractivity contribution is 5.97. The molecule has 0 fully saturated rings. The van der Waals surface area contributed by atoms with Gasteiger partial charge in [0, 0.05) is 24.1 Å². The molecule has 96 valence electrons. The van der Waals surface area contributed by atoms with Crippen molar-refractivity contribution in [1.82, 2.24) is 0 Å². The van der Waals surface area contributed by atoms with Crippen LogP contribution in [0.5, 0.6) is 5.75 Å². The molecule has 3 heteroatoms. The molecule has 3 nitrogen and oxygen atoms in total. The van der Waals surface area contributed by atoms with Crippen molar-refractivity contribution in [2.75, 3.05) is 12.3 Å². The summed E-state index contributed by atoms with van der Waals surface area (Å²) in [7, 11) is 0. The van der Waals surface area contributed by atoms with Crippen LogP contribution in [0.2, 0.25) is 0 Å². The van der Waals surface area contributed by atoms with E-state index in [1.54, 1.807) is 0 Å². The third kappa shape index (κ3) is 2.45. The molecule has 0 saturated heterocycles. The fourth-order valence-corrected chi connectivity index (χ4v) is 2.28. The Morgan fingerprint density at radius 1 is 1.16 bits per heavy atom. The Morgan fingerprint density at radius 2 is 1.95 bits per heavy atom. The van der Waals surface area contributed by atoms with E-state index in [0.717, 1.165) is 28.9 Å². The molecule has 1 aliphatic heterocycles. The number of benzene rings is 2. The summed E-state index contributed by atoms with van der Waals surface area (Å²) in [6.45, 7) is 0.713. The second-order valence-electron chi connectivity index (χ2n) is 4.76. The zero-order valence-electron chi connectivity index (χ0n) is 10.6. The van der Waals surface area contributed by atoms with Crippen molar-refractivity contribution in [2.24, 2.45) is 0 Å². The van der Waals surface area contributed by atoms with Gasteiger partial charge in [-0.3, -0.25) is 4.79 Å². The first-order valence-electron chi connectivity index (χ1n) is 6.36. The van der Waals surface area contributed by atoms with Crippen molar-refractivity contribution in [3.63, 3.8) is 0 Å². The summed E-state index contributed by atoms with van der Waals surface area (Å²) < 4.78 is 5.44. The Labute approximate surface area is 112 Å². The van der Waals surface area contributed by atoms with Crippen LogP contribution >= 0.6 is 0 Å². The fraction of sp³-hybridized carbons (Fsp3) is 0.188. The molecule has 0 atom stereocenters. The zero-order valence-corrected chi connectivity index (χ0v) is 10.6. The van der Waals surface area contributed by atoms with E-state index in [2.05, 4.69) is 0 Å². The average Bonchev–Trinajstić information content (AvgIpc) is 2.88. The molecule has 0 aliphatic carbocycles. The maximum atomic E-state index is 12.2. The minimum atomic E-state index is 0.125. The van der Waals surface area contributed by atoms with E-state index in [0.29, 0.717) is 18.7 Å². The average molecular weight is 253 g/mol. The number of Topliss-reactive ketones (excluding diaryl/α,β-unsaturated/α-hetero) is 1. The van der Waals surface area contributed by atoms with Gasteiger partial charge in [-0.05, 0) is 41.5 Å². The van der Waals surface area contributed by atoms with Gasteiger partial charge in [-0.1, -0.05) is 12.1 Å². The van der Waals surface area contributed by atoms with E-state index in [-0.39, 0.29) is 5.78 Å². The maximum absolute atomic E-state index is 12.2. The number of carbonyl (C=O) groups excluding carboxylic acids is 1. The van der Waals surface area contributed by atoms with Crippen LogP contribution < -0.4 is 10.5 Å². The molecule has 2 N–H and O–H groups in total. The number of carbonyl (C=O) groups is 1. The lowest BCUT2D eigenvalue weighted by molar-refractivity contribution is 0.0993. The molecule has 0 aromatic heterocycles. The SMILES string of the molecule is Nc1ccc(CC(=O)c2ccc3c(c2)CCO3)cc1. The van der Waals surface area contributed by atoms with Gasteiger partial charge in [0.15, 0.2) is 5.78 Å². The lowest BCUT2D eigenvalue weighted by Gasteiger charge is -2.04. The van der Waals surface area contributed by atoms with Crippen molar-refractivity contribution in [3.8, 4) is 5.75 Å². The van der Waals surface area contributed by atoms with E-state index >= 15 is 0 Å². The molecule has 0 spiro atoms. The molecular formula is C16H15NO2. The monoisotopic (exact) mass is 253 g/mol. The molecule has 3 rings (SSSR count). The van der Waals surface area contributed by atoms with Gasteiger partial charge in [0.25, 0.3) is 0 Å². The number of rotatable bonds is 3. The minimum Gasteiger partial charge on any atom is -0.493 e. The molecule has 2 aromatic carbocycles. The largest absolute Gasteiger partial charge is 0.493 e. The van der Waals surface area contributed by atoms with E-state index in [4.69, 9.17) is 10.5 Å². The maximum Gasteiger partial charge on any atom is 0.167 e. The third-order valence-electron chi connectivity index (χ3n) is 3.36. The first-order valence-corrected chi connectivity index (χ1v) is 6.36. The lowest BCUT2D eigenvalue weighted by Crippen LogP contribution is -2.04. The highest BCUT2D eigenvalue weighted by atomic mass is 16.5. The van der Waals surface area contributed by atoms with Crippen molar-refractivity contribution >= 4 is 11.5 Å². The summed E-state index contributed by atoms with van der Waals surface area (Å²) in [6.07, 6.45) is 1.29. The van der Waals surface area contributed by atoms with Crippen molar-refractivity contribution < 1.29 is 9.53 Å². The molecule has 2 aromatic rings. The molecule has 1 aliphatic rings. The predicted octanol–water partition coefficient (Wildman–Crippen LogP) is 2.63. The number of fused-ring (bicyclic) bond motifs is 1. The number of nitrogens with two attached hydrogens (primary N) is 1. The highest BCUT2D eigenvalue weighted by Crippen LogP contribution is 2.26. The van der Waals surface area contributed by atoms with E-state index in [9.17, 15) is 4.79 Å². The van der Waals surface area contributed by atoms with Crippen molar-refractivity contribution in [1.29, 1.82) is 0 Å². The Bertz CT molecular complexity index is 617. The molecule has 19 heavy (non-hydrogen) atoms. The minimum absolute atomic E-state index is 0.125. The summed E-state index contributed by atoms with van der Waals surface area (Å²) in [5.41, 5.74) is 9.21. The number of ketones is 1. The van der Waals surface area contributed by atoms with Crippen LogP contribution in [0.15, 0.2) is 42.5 Å². The van der Waals surface area contributed by atoms with Gasteiger partial charge >= 0.3 is 0 Å². The number of hydrogen-bond donors (Lipinski definition) is 1. The van der Waals surface area contributed by atoms with Gasteiger partial charge in [-0.15, -0.1) is 0 Å². The second-order valence-corrected chi connectivity index (χ2v) is 4.76. The van der Waals surface area contributed by atoms with Gasteiger partial charge in [0.1, 0.15) is 5.75 Å². The van der Waals surface area contributed by atoms with Crippen molar-refractivity contribution in [2.45, 2.75) is 12.8 Å². The number of ether oxygens (including phenoxy) is 1. The van der Waals surface area contributed by atoms with Crippen LogP contribution in [-0.4, -0.2) is 12.4 Å².